The van der Waals surface area contributed by atoms with Gasteiger partial charge in [0.1, 0.15) is 11.7 Å². The van der Waals surface area contributed by atoms with Crippen molar-refractivity contribution < 1.29 is 38.8 Å². The number of rotatable bonds is 5. The summed E-state index contributed by atoms with van der Waals surface area (Å²) < 4.78 is 18.4. The lowest BCUT2D eigenvalue weighted by Gasteiger charge is -2.61. The fraction of sp³-hybridized carbons (Fsp3) is 0.700. The van der Waals surface area contributed by atoms with Gasteiger partial charge in [0.25, 0.3) is 0 Å². The molecule has 0 aromatic carbocycles. The van der Waals surface area contributed by atoms with E-state index in [1.165, 1.54) is 13.0 Å². The van der Waals surface area contributed by atoms with Gasteiger partial charge in [-0.05, 0) is 72.0 Å². The van der Waals surface area contributed by atoms with E-state index in [9.17, 15) is 24.6 Å². The van der Waals surface area contributed by atoms with Gasteiger partial charge in [-0.1, -0.05) is 19.9 Å². The molecular weight excluding hydrogens is 488 g/mol. The number of allylic oxidation sites excluding steroid dienone is 3. The summed E-state index contributed by atoms with van der Waals surface area (Å²) in [5, 5.41) is 22.3. The van der Waals surface area contributed by atoms with Crippen molar-refractivity contribution in [3.63, 3.8) is 0 Å². The van der Waals surface area contributed by atoms with Gasteiger partial charge in [0.15, 0.2) is 11.5 Å². The highest BCUT2D eigenvalue weighted by molar-refractivity contribution is 6.22. The van der Waals surface area contributed by atoms with Crippen molar-refractivity contribution in [1.82, 2.24) is 0 Å². The van der Waals surface area contributed by atoms with Crippen molar-refractivity contribution in [1.29, 1.82) is 0 Å². The standard InChI is InChI=1S/C30H42O8/c1-9-15(2)25(36-17(4)31)16(3)18-14-19(32)22-24(34)27-29(7)12-10-20(28(5,6)35)37-21(29)11-13-30(27,8)38-26(22)23(18)33/h9,14,16,20-21,24-25,27,34-35H,10-13H2,1-8H3/t16-,20+,21+,24+,25+,27+,29-,30+/m0/s1. The summed E-state index contributed by atoms with van der Waals surface area (Å²) >= 11 is 0. The number of carbonyl (C=O) groups is 3. The predicted octanol–water partition coefficient (Wildman–Crippen LogP) is 3.74. The first kappa shape index (κ1) is 28.7. The number of aliphatic hydroxyl groups excluding tert-OH is 1. The van der Waals surface area contributed by atoms with Crippen molar-refractivity contribution in [2.45, 2.75) is 117 Å². The number of carbonyl (C=O) groups excluding carboxylic acids is 3. The second-order valence-electron chi connectivity index (χ2n) is 12.6. The minimum absolute atomic E-state index is 0.00768. The van der Waals surface area contributed by atoms with Crippen LogP contribution in [0.5, 0.6) is 0 Å². The fourth-order valence-corrected chi connectivity index (χ4v) is 7.24. The summed E-state index contributed by atoms with van der Waals surface area (Å²) in [5.41, 5.74) is -1.44. The highest BCUT2D eigenvalue weighted by Crippen LogP contribution is 2.59. The molecule has 4 rings (SSSR count). The zero-order chi connectivity index (χ0) is 28.4. The Morgan fingerprint density at radius 3 is 2.45 bits per heavy atom. The summed E-state index contributed by atoms with van der Waals surface area (Å²) in [5.74, 6) is -2.57. The van der Waals surface area contributed by atoms with E-state index in [1.54, 1.807) is 20.8 Å². The first-order valence-corrected chi connectivity index (χ1v) is 13.6. The first-order valence-electron chi connectivity index (χ1n) is 13.6. The molecule has 1 saturated heterocycles. The number of ketones is 2. The van der Waals surface area contributed by atoms with Gasteiger partial charge in [0.2, 0.25) is 5.78 Å². The molecule has 2 heterocycles. The number of esters is 1. The highest BCUT2D eigenvalue weighted by atomic mass is 16.5. The fourth-order valence-electron chi connectivity index (χ4n) is 7.24. The molecule has 8 heteroatoms. The Morgan fingerprint density at radius 1 is 1.21 bits per heavy atom. The van der Waals surface area contributed by atoms with Crippen molar-refractivity contribution in [3.8, 4) is 0 Å². The second-order valence-corrected chi connectivity index (χ2v) is 12.6. The molecule has 210 valence electrons. The van der Waals surface area contributed by atoms with Crippen LogP contribution in [0, 0.1) is 17.3 Å². The molecular formula is C30H42O8. The lowest BCUT2D eigenvalue weighted by molar-refractivity contribution is -0.260. The maximum Gasteiger partial charge on any atom is 0.303 e. The van der Waals surface area contributed by atoms with Crippen molar-refractivity contribution >= 4 is 17.5 Å². The summed E-state index contributed by atoms with van der Waals surface area (Å²) in [6.07, 6.45) is 3.07. The van der Waals surface area contributed by atoms with Gasteiger partial charge in [0.05, 0.1) is 29.5 Å². The van der Waals surface area contributed by atoms with Gasteiger partial charge in [-0.3, -0.25) is 14.4 Å². The second kappa shape index (κ2) is 9.72. The molecule has 8 nitrogen and oxygen atoms in total. The summed E-state index contributed by atoms with van der Waals surface area (Å²) in [4.78, 5) is 39.1. The molecule has 38 heavy (non-hydrogen) atoms. The normalized spacial score (nSPS) is 37.3. The largest absolute Gasteiger partial charge is 0.482 e. The zero-order valence-corrected chi connectivity index (χ0v) is 23.8. The number of Topliss-reactive ketones (excluding diaryl/α,β-unsaturated/α-hetero) is 1. The lowest BCUT2D eigenvalue weighted by Crippen LogP contribution is -2.66. The number of fused-ring (bicyclic) bond motifs is 3. The molecule has 4 aliphatic rings. The van der Waals surface area contributed by atoms with E-state index in [0.717, 1.165) is 5.57 Å². The van der Waals surface area contributed by atoms with Gasteiger partial charge in [-0.2, -0.15) is 0 Å². The predicted molar refractivity (Wildman–Crippen MR) is 140 cm³/mol. The third kappa shape index (κ3) is 4.58. The van der Waals surface area contributed by atoms with Crippen LogP contribution in [0.3, 0.4) is 0 Å². The molecule has 0 aromatic rings. The van der Waals surface area contributed by atoms with Crippen LogP contribution < -0.4 is 0 Å². The van der Waals surface area contributed by atoms with Crippen LogP contribution in [0.15, 0.2) is 34.6 Å². The Labute approximate surface area is 225 Å². The van der Waals surface area contributed by atoms with Crippen LogP contribution in [0.2, 0.25) is 0 Å². The quantitative estimate of drug-likeness (QED) is 0.314. The topological polar surface area (TPSA) is 119 Å². The Morgan fingerprint density at radius 2 is 1.87 bits per heavy atom. The summed E-state index contributed by atoms with van der Waals surface area (Å²) in [6, 6.07) is 0. The SMILES string of the molecule is CC=C(C)[C@@H](OC(C)=O)[C@@H](C)C1=CC(=O)C2=C(O[C@]3(C)CC[C@H]4O[C@@H](C(C)(C)O)CC[C@]4(C)[C@H]3[C@@H]2O)C1=O. The van der Waals surface area contributed by atoms with Crippen molar-refractivity contribution in [2.24, 2.45) is 17.3 Å². The van der Waals surface area contributed by atoms with E-state index in [2.05, 4.69) is 6.92 Å². The minimum Gasteiger partial charge on any atom is -0.482 e. The van der Waals surface area contributed by atoms with E-state index in [4.69, 9.17) is 14.2 Å². The van der Waals surface area contributed by atoms with Gasteiger partial charge < -0.3 is 24.4 Å². The van der Waals surface area contributed by atoms with E-state index in [1.807, 2.05) is 26.8 Å². The number of ether oxygens (including phenoxy) is 3. The number of hydrogen-bond donors (Lipinski definition) is 2. The third-order valence-electron chi connectivity index (χ3n) is 9.42. The Hall–Kier alpha value is -2.29. The number of aliphatic hydroxyl groups is 2. The van der Waals surface area contributed by atoms with Crippen LogP contribution in [-0.2, 0) is 28.6 Å². The molecule has 0 aromatic heterocycles. The third-order valence-corrected chi connectivity index (χ3v) is 9.42. The minimum atomic E-state index is -1.20. The lowest BCUT2D eigenvalue weighted by atomic mass is 9.52. The molecule has 1 saturated carbocycles. The molecule has 2 N–H and O–H groups in total. The van der Waals surface area contributed by atoms with E-state index in [-0.39, 0.29) is 29.1 Å². The van der Waals surface area contributed by atoms with Gasteiger partial charge in [-0.25, -0.2) is 0 Å². The molecule has 2 fully saturated rings. The summed E-state index contributed by atoms with van der Waals surface area (Å²) in [7, 11) is 0. The molecule has 8 atom stereocenters. The molecule has 2 aliphatic heterocycles. The monoisotopic (exact) mass is 530 g/mol. The van der Waals surface area contributed by atoms with Crippen LogP contribution >= 0.6 is 0 Å². The Bertz CT molecular complexity index is 1120. The van der Waals surface area contributed by atoms with Crippen LogP contribution in [0.1, 0.15) is 81.1 Å². The Kier molecular flexibility index (Phi) is 7.34. The molecule has 0 unspecified atom stereocenters. The van der Waals surface area contributed by atoms with E-state index < -0.39 is 58.2 Å². The van der Waals surface area contributed by atoms with Gasteiger partial charge in [-0.15, -0.1) is 0 Å². The zero-order valence-electron chi connectivity index (χ0n) is 23.8. The van der Waals surface area contributed by atoms with Crippen LogP contribution in [0.25, 0.3) is 0 Å². The summed E-state index contributed by atoms with van der Waals surface area (Å²) in [6.45, 7) is 14.1. The van der Waals surface area contributed by atoms with Crippen molar-refractivity contribution in [2.75, 3.05) is 0 Å². The van der Waals surface area contributed by atoms with Crippen molar-refractivity contribution in [3.05, 3.63) is 34.6 Å². The van der Waals surface area contributed by atoms with Gasteiger partial charge >= 0.3 is 5.97 Å². The van der Waals surface area contributed by atoms with E-state index in [0.29, 0.717) is 25.7 Å². The number of hydrogen-bond acceptors (Lipinski definition) is 8. The Balaban J connectivity index is 1.68. The average Bonchev–Trinajstić information content (AvgIpc) is 2.81. The first-order chi connectivity index (χ1) is 17.5. The van der Waals surface area contributed by atoms with E-state index >= 15 is 0 Å². The van der Waals surface area contributed by atoms with Crippen LogP contribution in [0.4, 0.5) is 0 Å². The highest BCUT2D eigenvalue weighted by Gasteiger charge is 2.64. The molecule has 0 bridgehead atoms. The smallest absolute Gasteiger partial charge is 0.303 e. The molecule has 0 amide bonds. The van der Waals surface area contributed by atoms with Gasteiger partial charge in [0, 0.05) is 29.7 Å². The molecule has 0 radical (unpaired) electrons. The maximum absolute atomic E-state index is 13.8. The average molecular weight is 531 g/mol. The van der Waals surface area contributed by atoms with Crippen LogP contribution in [-0.4, -0.2) is 63.4 Å². The molecule has 2 aliphatic carbocycles. The maximum atomic E-state index is 13.8. The molecule has 0 spiro atoms.